The van der Waals surface area contributed by atoms with Crippen LogP contribution in [0, 0.1) is 0 Å². The van der Waals surface area contributed by atoms with Gasteiger partial charge in [0, 0.05) is 36.5 Å². The van der Waals surface area contributed by atoms with Crippen molar-refractivity contribution in [2.24, 2.45) is 0 Å². The Morgan fingerprint density at radius 2 is 1.96 bits per heavy atom. The molecule has 5 rings (SSSR count). The maximum Gasteiger partial charge on any atom is 0.254 e. The van der Waals surface area contributed by atoms with Crippen molar-refractivity contribution in [3.8, 4) is 5.75 Å². The van der Waals surface area contributed by atoms with Crippen LogP contribution in [0.25, 0.3) is 0 Å². The quantitative estimate of drug-likeness (QED) is 0.680. The van der Waals surface area contributed by atoms with Gasteiger partial charge in [0.25, 0.3) is 5.91 Å². The van der Waals surface area contributed by atoms with Crippen LogP contribution >= 0.6 is 11.3 Å². The van der Waals surface area contributed by atoms with Gasteiger partial charge in [0.2, 0.25) is 0 Å². The van der Waals surface area contributed by atoms with E-state index in [4.69, 9.17) is 4.74 Å². The Morgan fingerprint density at radius 3 is 2.86 bits per heavy atom. The molecule has 2 aliphatic rings. The predicted octanol–water partition coefficient (Wildman–Crippen LogP) is 3.45. The number of aromatic nitrogens is 3. The summed E-state index contributed by atoms with van der Waals surface area (Å²) in [5, 5.41) is 10.6. The second-order valence-corrected chi connectivity index (χ2v) is 8.30. The summed E-state index contributed by atoms with van der Waals surface area (Å²) in [5.41, 5.74) is 1.98. The lowest BCUT2D eigenvalue weighted by Crippen LogP contribution is -2.35. The van der Waals surface area contributed by atoms with E-state index in [1.165, 1.54) is 16.9 Å². The van der Waals surface area contributed by atoms with Crippen molar-refractivity contribution in [2.45, 2.75) is 45.4 Å². The van der Waals surface area contributed by atoms with Crippen molar-refractivity contribution >= 4 is 17.2 Å². The highest BCUT2D eigenvalue weighted by atomic mass is 32.1. The number of carbonyl (C=O) groups excluding carboxylic acids is 1. The highest BCUT2D eigenvalue weighted by Crippen LogP contribution is 2.25. The summed E-state index contributed by atoms with van der Waals surface area (Å²) in [6.45, 7) is 2.85. The van der Waals surface area contributed by atoms with Gasteiger partial charge in [-0.3, -0.25) is 4.79 Å². The lowest BCUT2D eigenvalue weighted by atomic mass is 10.1. The maximum atomic E-state index is 12.8. The molecule has 6 nitrogen and oxygen atoms in total. The molecule has 2 aliphatic heterocycles. The van der Waals surface area contributed by atoms with Crippen LogP contribution in [0.15, 0.2) is 35.7 Å². The minimum atomic E-state index is 0.0786. The molecular weight excluding hydrogens is 372 g/mol. The monoisotopic (exact) mass is 394 g/mol. The SMILES string of the molecule is O=C(c1ccc(OCc2nnc3n2CCCC3)cc1)N1CCc2sccc2C1. The molecule has 28 heavy (non-hydrogen) atoms. The van der Waals surface area contributed by atoms with Crippen LogP contribution in [-0.4, -0.2) is 32.1 Å². The molecule has 0 atom stereocenters. The largest absolute Gasteiger partial charge is 0.486 e. The second-order valence-electron chi connectivity index (χ2n) is 7.30. The fraction of sp³-hybridized carbons (Fsp3) is 0.381. The zero-order chi connectivity index (χ0) is 18.9. The summed E-state index contributed by atoms with van der Waals surface area (Å²) in [7, 11) is 0. The summed E-state index contributed by atoms with van der Waals surface area (Å²) >= 11 is 1.78. The minimum Gasteiger partial charge on any atom is -0.486 e. The summed E-state index contributed by atoms with van der Waals surface area (Å²) in [4.78, 5) is 16.1. The van der Waals surface area contributed by atoms with Crippen molar-refractivity contribution in [3.05, 3.63) is 63.4 Å². The minimum absolute atomic E-state index is 0.0786. The lowest BCUT2D eigenvalue weighted by molar-refractivity contribution is 0.0736. The van der Waals surface area contributed by atoms with Gasteiger partial charge in [-0.05, 0) is 60.5 Å². The molecule has 1 aromatic carbocycles. The van der Waals surface area contributed by atoms with Gasteiger partial charge in [-0.2, -0.15) is 0 Å². The van der Waals surface area contributed by atoms with Gasteiger partial charge in [-0.15, -0.1) is 21.5 Å². The summed E-state index contributed by atoms with van der Waals surface area (Å²) in [5.74, 6) is 2.74. The van der Waals surface area contributed by atoms with E-state index in [9.17, 15) is 4.79 Å². The van der Waals surface area contributed by atoms with E-state index >= 15 is 0 Å². The van der Waals surface area contributed by atoms with Crippen molar-refractivity contribution < 1.29 is 9.53 Å². The van der Waals surface area contributed by atoms with E-state index in [0.717, 1.165) is 49.8 Å². The molecule has 0 saturated heterocycles. The second kappa shape index (κ2) is 7.39. The fourth-order valence-corrected chi connectivity index (χ4v) is 4.81. The number of rotatable bonds is 4. The van der Waals surface area contributed by atoms with Crippen LogP contribution < -0.4 is 4.74 Å². The molecule has 7 heteroatoms. The predicted molar refractivity (Wildman–Crippen MR) is 106 cm³/mol. The Kier molecular flexibility index (Phi) is 4.60. The number of aryl methyl sites for hydroxylation is 1. The fourth-order valence-electron chi connectivity index (χ4n) is 3.92. The number of amides is 1. The summed E-state index contributed by atoms with van der Waals surface area (Å²) in [6.07, 6.45) is 4.28. The number of benzene rings is 1. The van der Waals surface area contributed by atoms with Crippen molar-refractivity contribution in [1.29, 1.82) is 0 Å². The number of nitrogens with zero attached hydrogens (tertiary/aromatic N) is 4. The van der Waals surface area contributed by atoms with Gasteiger partial charge in [0.1, 0.15) is 18.2 Å². The van der Waals surface area contributed by atoms with E-state index in [1.54, 1.807) is 11.3 Å². The molecule has 0 N–H and O–H groups in total. The molecule has 0 unspecified atom stereocenters. The number of hydrogen-bond donors (Lipinski definition) is 0. The zero-order valence-electron chi connectivity index (χ0n) is 15.6. The number of ether oxygens (including phenoxy) is 1. The molecule has 0 bridgehead atoms. The average Bonchev–Trinajstić information content (AvgIpc) is 3.38. The van der Waals surface area contributed by atoms with E-state index in [-0.39, 0.29) is 5.91 Å². The summed E-state index contributed by atoms with van der Waals surface area (Å²) in [6, 6.07) is 9.54. The first-order valence-corrected chi connectivity index (χ1v) is 10.6. The topological polar surface area (TPSA) is 60.2 Å². The van der Waals surface area contributed by atoms with Gasteiger partial charge in [0.05, 0.1) is 0 Å². The Morgan fingerprint density at radius 1 is 1.07 bits per heavy atom. The first kappa shape index (κ1) is 17.4. The Hall–Kier alpha value is -2.67. The molecule has 144 valence electrons. The van der Waals surface area contributed by atoms with Crippen molar-refractivity contribution in [1.82, 2.24) is 19.7 Å². The number of carbonyl (C=O) groups is 1. The third-order valence-electron chi connectivity index (χ3n) is 5.50. The standard InChI is InChI=1S/C21H22N4O2S/c26-21(24-11-8-18-16(13-24)9-12-28-18)15-4-6-17(7-5-15)27-14-20-23-22-19-3-1-2-10-25(19)20/h4-7,9,12H,1-3,8,10-11,13-14H2. The molecule has 0 fully saturated rings. The molecule has 2 aromatic heterocycles. The Balaban J connectivity index is 1.22. The smallest absolute Gasteiger partial charge is 0.254 e. The van der Waals surface area contributed by atoms with Gasteiger partial charge in [-0.25, -0.2) is 0 Å². The van der Waals surface area contributed by atoms with Gasteiger partial charge in [0.15, 0.2) is 5.82 Å². The van der Waals surface area contributed by atoms with E-state index in [0.29, 0.717) is 18.7 Å². The first-order valence-electron chi connectivity index (χ1n) is 9.76. The molecule has 1 amide bonds. The Labute approximate surface area is 167 Å². The highest BCUT2D eigenvalue weighted by Gasteiger charge is 2.22. The van der Waals surface area contributed by atoms with Crippen LogP contribution in [0.5, 0.6) is 5.75 Å². The van der Waals surface area contributed by atoms with Crippen LogP contribution in [0.4, 0.5) is 0 Å². The van der Waals surface area contributed by atoms with Crippen molar-refractivity contribution in [3.63, 3.8) is 0 Å². The zero-order valence-corrected chi connectivity index (χ0v) is 16.5. The van der Waals surface area contributed by atoms with Crippen LogP contribution in [0.2, 0.25) is 0 Å². The van der Waals surface area contributed by atoms with E-state index < -0.39 is 0 Å². The third-order valence-corrected chi connectivity index (χ3v) is 6.52. The molecule has 4 heterocycles. The molecule has 0 spiro atoms. The van der Waals surface area contributed by atoms with Crippen molar-refractivity contribution in [2.75, 3.05) is 6.54 Å². The molecule has 0 aliphatic carbocycles. The number of fused-ring (bicyclic) bond motifs is 2. The van der Waals surface area contributed by atoms with E-state index in [1.807, 2.05) is 29.2 Å². The average molecular weight is 395 g/mol. The normalized spacial score (nSPS) is 15.8. The Bertz CT molecular complexity index is 992. The summed E-state index contributed by atoms with van der Waals surface area (Å²) < 4.78 is 8.05. The maximum absolute atomic E-state index is 12.8. The molecular formula is C21H22N4O2S. The van der Waals surface area contributed by atoms with Gasteiger partial charge in [-0.1, -0.05) is 0 Å². The molecule has 0 saturated carbocycles. The highest BCUT2D eigenvalue weighted by molar-refractivity contribution is 7.10. The van der Waals surface area contributed by atoms with Gasteiger partial charge < -0.3 is 14.2 Å². The van der Waals surface area contributed by atoms with Crippen LogP contribution in [-0.2, 0) is 32.5 Å². The number of thiophene rings is 1. The first-order chi connectivity index (χ1) is 13.8. The lowest BCUT2D eigenvalue weighted by Gasteiger charge is -2.27. The van der Waals surface area contributed by atoms with Crippen LogP contribution in [0.3, 0.4) is 0 Å². The van der Waals surface area contributed by atoms with E-state index in [2.05, 4.69) is 26.2 Å². The third kappa shape index (κ3) is 3.30. The van der Waals surface area contributed by atoms with Crippen LogP contribution in [0.1, 0.15) is 45.3 Å². The number of hydrogen-bond acceptors (Lipinski definition) is 5. The molecule has 0 radical (unpaired) electrons. The van der Waals surface area contributed by atoms with Gasteiger partial charge >= 0.3 is 0 Å². The molecule has 3 aromatic rings.